The van der Waals surface area contributed by atoms with Crippen molar-refractivity contribution < 1.29 is 9.84 Å². The molecule has 0 aliphatic heterocycles. The van der Waals surface area contributed by atoms with Crippen molar-refractivity contribution in [1.82, 2.24) is 24.4 Å². The van der Waals surface area contributed by atoms with Gasteiger partial charge in [-0.05, 0) is 38.4 Å². The fourth-order valence-corrected chi connectivity index (χ4v) is 2.83. The molecule has 1 unspecified atom stereocenters. The van der Waals surface area contributed by atoms with Crippen LogP contribution in [0.2, 0.25) is 0 Å². The van der Waals surface area contributed by atoms with E-state index in [0.717, 1.165) is 28.5 Å². The molecule has 2 N–H and O–H groups in total. The molecule has 0 saturated carbocycles. The number of imidazole rings is 2. The second-order valence-electron chi connectivity index (χ2n) is 6.18. The lowest BCUT2D eigenvalue weighted by atomic mass is 10.1. The number of aliphatic hydroxyl groups excluding tert-OH is 1. The zero-order valence-corrected chi connectivity index (χ0v) is 14.7. The molecule has 1 aromatic carbocycles. The van der Waals surface area contributed by atoms with Gasteiger partial charge >= 0.3 is 0 Å². The molecule has 1 atom stereocenters. The van der Waals surface area contributed by atoms with Crippen molar-refractivity contribution in [2.75, 3.05) is 27.7 Å². The van der Waals surface area contributed by atoms with Crippen molar-refractivity contribution in [2.45, 2.75) is 12.6 Å². The van der Waals surface area contributed by atoms with E-state index in [4.69, 9.17) is 4.74 Å². The Bertz CT molecular complexity index is 793. The van der Waals surface area contributed by atoms with Gasteiger partial charge in [0.05, 0.1) is 31.8 Å². The van der Waals surface area contributed by atoms with Gasteiger partial charge in [-0.3, -0.25) is 0 Å². The van der Waals surface area contributed by atoms with Crippen LogP contribution in [0.25, 0.3) is 22.8 Å². The lowest BCUT2D eigenvalue weighted by Crippen LogP contribution is -2.29. The lowest BCUT2D eigenvalue weighted by molar-refractivity contribution is 0.120. The monoisotopic (exact) mass is 341 g/mol. The minimum atomic E-state index is -0.498. The van der Waals surface area contributed by atoms with Crippen molar-refractivity contribution in [2.24, 2.45) is 0 Å². The Balaban J connectivity index is 1.98. The van der Waals surface area contributed by atoms with E-state index in [-0.39, 0.29) is 0 Å². The first-order valence-corrected chi connectivity index (χ1v) is 8.10. The van der Waals surface area contributed by atoms with Gasteiger partial charge in [-0.2, -0.15) is 0 Å². The fraction of sp³-hybridized carbons (Fsp3) is 0.333. The van der Waals surface area contributed by atoms with E-state index in [9.17, 15) is 5.11 Å². The number of benzene rings is 1. The van der Waals surface area contributed by atoms with E-state index < -0.39 is 6.10 Å². The van der Waals surface area contributed by atoms with Gasteiger partial charge in [-0.15, -0.1) is 0 Å². The molecule has 0 spiro atoms. The van der Waals surface area contributed by atoms with Gasteiger partial charge < -0.3 is 24.3 Å². The van der Waals surface area contributed by atoms with E-state index >= 15 is 0 Å². The first-order chi connectivity index (χ1) is 12.1. The van der Waals surface area contributed by atoms with Gasteiger partial charge in [0.1, 0.15) is 11.4 Å². The Morgan fingerprint density at radius 3 is 2.60 bits per heavy atom. The molecule has 0 bridgehead atoms. The number of nitrogens with one attached hydrogen (secondary N) is 1. The summed E-state index contributed by atoms with van der Waals surface area (Å²) in [6.45, 7) is 1.02. The highest BCUT2D eigenvalue weighted by Gasteiger charge is 2.19. The largest absolute Gasteiger partial charge is 0.497 e. The number of ether oxygens (including phenoxy) is 1. The first-order valence-electron chi connectivity index (χ1n) is 8.10. The zero-order valence-electron chi connectivity index (χ0n) is 14.7. The Labute approximate surface area is 146 Å². The number of hydrogen-bond acceptors (Lipinski definition) is 5. The molecule has 0 aliphatic carbocycles. The van der Waals surface area contributed by atoms with Gasteiger partial charge in [0, 0.05) is 24.5 Å². The van der Waals surface area contributed by atoms with Crippen LogP contribution in [0.4, 0.5) is 0 Å². The van der Waals surface area contributed by atoms with Crippen molar-refractivity contribution in [3.8, 4) is 28.5 Å². The molecule has 0 aliphatic rings. The Kier molecular flexibility index (Phi) is 5.16. The average molecular weight is 341 g/mol. The molecule has 7 heteroatoms. The first kappa shape index (κ1) is 17.2. The van der Waals surface area contributed by atoms with Crippen LogP contribution >= 0.6 is 0 Å². The van der Waals surface area contributed by atoms with Crippen LogP contribution in [0.1, 0.15) is 0 Å². The van der Waals surface area contributed by atoms with Gasteiger partial charge in [-0.1, -0.05) is 0 Å². The number of hydrogen-bond donors (Lipinski definition) is 2. The predicted octanol–water partition coefficient (Wildman–Crippen LogP) is 1.87. The summed E-state index contributed by atoms with van der Waals surface area (Å²) >= 11 is 0. The number of aliphatic hydroxyl groups is 1. The van der Waals surface area contributed by atoms with Crippen molar-refractivity contribution in [3.05, 3.63) is 43.0 Å². The van der Waals surface area contributed by atoms with Gasteiger partial charge in [-0.25, -0.2) is 9.97 Å². The molecule has 0 radical (unpaired) electrons. The smallest absolute Gasteiger partial charge is 0.156 e. The topological polar surface area (TPSA) is 79.2 Å². The molecule has 0 amide bonds. The number of rotatable bonds is 7. The third kappa shape index (κ3) is 3.89. The van der Waals surface area contributed by atoms with Crippen LogP contribution in [0, 0.1) is 0 Å². The molecule has 2 heterocycles. The number of aromatic nitrogens is 4. The Hall–Kier alpha value is -2.64. The fourth-order valence-electron chi connectivity index (χ4n) is 2.83. The SMILES string of the molecule is COc1ccc(-c2ncn(CC(O)CN(C)C)c2-c2ncc[nH]2)cc1. The molecule has 0 fully saturated rings. The maximum atomic E-state index is 10.3. The summed E-state index contributed by atoms with van der Waals surface area (Å²) in [6.07, 6.45) is 4.74. The summed E-state index contributed by atoms with van der Waals surface area (Å²) in [7, 11) is 5.52. The summed E-state index contributed by atoms with van der Waals surface area (Å²) < 4.78 is 7.16. The second kappa shape index (κ2) is 7.50. The lowest BCUT2D eigenvalue weighted by Gasteiger charge is -2.17. The molecular weight excluding hydrogens is 318 g/mol. The summed E-state index contributed by atoms with van der Waals surface area (Å²) in [5.74, 6) is 1.52. The number of methoxy groups -OCH3 is 1. The van der Waals surface area contributed by atoms with E-state index in [0.29, 0.717) is 13.1 Å². The van der Waals surface area contributed by atoms with E-state index in [2.05, 4.69) is 15.0 Å². The summed E-state index contributed by atoms with van der Waals surface area (Å²) in [4.78, 5) is 14.0. The Morgan fingerprint density at radius 2 is 2.00 bits per heavy atom. The molecule has 132 valence electrons. The molecule has 25 heavy (non-hydrogen) atoms. The van der Waals surface area contributed by atoms with Crippen molar-refractivity contribution in [1.29, 1.82) is 0 Å². The molecule has 2 aromatic heterocycles. The standard InChI is InChI=1S/C18H23N5O2/c1-22(2)10-14(24)11-23-12-21-16(17(23)18-19-8-9-20-18)13-4-6-15(25-3)7-5-13/h4-9,12,14,24H,10-11H2,1-3H3,(H,19,20). The van der Waals surface area contributed by atoms with Gasteiger partial charge in [0.2, 0.25) is 0 Å². The average Bonchev–Trinajstić information content (AvgIpc) is 3.23. The molecule has 0 saturated heterocycles. The maximum Gasteiger partial charge on any atom is 0.156 e. The molecule has 3 aromatic rings. The van der Waals surface area contributed by atoms with E-state index in [1.54, 1.807) is 25.8 Å². The molecular formula is C18H23N5O2. The van der Waals surface area contributed by atoms with Crippen LogP contribution in [-0.2, 0) is 6.54 Å². The second-order valence-corrected chi connectivity index (χ2v) is 6.18. The highest BCUT2D eigenvalue weighted by Crippen LogP contribution is 2.30. The van der Waals surface area contributed by atoms with Gasteiger partial charge in [0.25, 0.3) is 0 Å². The van der Waals surface area contributed by atoms with Crippen LogP contribution in [0.15, 0.2) is 43.0 Å². The summed E-state index contributed by atoms with van der Waals surface area (Å²) in [5.41, 5.74) is 2.63. The molecule has 7 nitrogen and oxygen atoms in total. The minimum absolute atomic E-state index is 0.442. The highest BCUT2D eigenvalue weighted by molar-refractivity contribution is 5.75. The minimum Gasteiger partial charge on any atom is -0.497 e. The van der Waals surface area contributed by atoms with Gasteiger partial charge in [0.15, 0.2) is 5.82 Å². The number of nitrogens with zero attached hydrogens (tertiary/aromatic N) is 4. The maximum absolute atomic E-state index is 10.3. The number of aromatic amines is 1. The van der Waals surface area contributed by atoms with Crippen molar-refractivity contribution >= 4 is 0 Å². The normalized spacial score (nSPS) is 12.5. The summed E-state index contributed by atoms with van der Waals surface area (Å²) in [6, 6.07) is 7.74. The summed E-state index contributed by atoms with van der Waals surface area (Å²) in [5, 5.41) is 10.3. The van der Waals surface area contributed by atoms with Crippen LogP contribution in [0.3, 0.4) is 0 Å². The highest BCUT2D eigenvalue weighted by atomic mass is 16.5. The van der Waals surface area contributed by atoms with Crippen LogP contribution < -0.4 is 4.74 Å². The third-order valence-electron chi connectivity index (χ3n) is 3.91. The zero-order chi connectivity index (χ0) is 17.8. The number of H-pyrrole nitrogens is 1. The predicted molar refractivity (Wildman–Crippen MR) is 96.4 cm³/mol. The molecule has 3 rings (SSSR count). The van der Waals surface area contributed by atoms with E-state index in [1.807, 2.05) is 47.8 Å². The quantitative estimate of drug-likeness (QED) is 0.686. The van der Waals surface area contributed by atoms with Crippen LogP contribution in [0.5, 0.6) is 5.75 Å². The number of likely N-dealkylation sites (N-methyl/N-ethyl adjacent to an activating group) is 1. The third-order valence-corrected chi connectivity index (χ3v) is 3.91. The Morgan fingerprint density at radius 1 is 1.24 bits per heavy atom. The van der Waals surface area contributed by atoms with Crippen molar-refractivity contribution in [3.63, 3.8) is 0 Å². The van der Waals surface area contributed by atoms with E-state index in [1.165, 1.54) is 0 Å². The van der Waals surface area contributed by atoms with Crippen LogP contribution in [-0.4, -0.2) is 63.4 Å².